The molecule has 1 atom stereocenters. The molecule has 0 amide bonds. The number of nitrogens with two attached hydrogens (primary N) is 1. The Balaban J connectivity index is 2.64. The molecule has 0 aliphatic heterocycles. The van der Waals surface area contributed by atoms with Crippen molar-refractivity contribution in [2.45, 2.75) is 45.9 Å². The molecule has 0 bridgehead atoms. The van der Waals surface area contributed by atoms with E-state index in [0.717, 1.165) is 24.1 Å². The number of benzene rings is 1. The SMILES string of the molecule is CCCN(CC(O)c1ccc(CN)cc1)C(C)C. The zero-order chi connectivity index (χ0) is 13.5. The van der Waals surface area contributed by atoms with Gasteiger partial charge in [0.1, 0.15) is 0 Å². The number of aliphatic hydroxyl groups excluding tert-OH is 1. The van der Waals surface area contributed by atoms with Crippen LogP contribution in [0.4, 0.5) is 0 Å². The van der Waals surface area contributed by atoms with Crippen LogP contribution in [-0.2, 0) is 6.54 Å². The van der Waals surface area contributed by atoms with E-state index in [-0.39, 0.29) is 0 Å². The van der Waals surface area contributed by atoms with Gasteiger partial charge in [-0.2, -0.15) is 0 Å². The van der Waals surface area contributed by atoms with Gasteiger partial charge >= 0.3 is 0 Å². The molecular formula is C15H26N2O. The lowest BCUT2D eigenvalue weighted by atomic mass is 10.1. The number of nitrogens with zero attached hydrogens (tertiary/aromatic N) is 1. The Morgan fingerprint density at radius 1 is 1.22 bits per heavy atom. The minimum Gasteiger partial charge on any atom is -0.387 e. The summed E-state index contributed by atoms with van der Waals surface area (Å²) in [5.74, 6) is 0. The zero-order valence-electron chi connectivity index (χ0n) is 11.8. The van der Waals surface area contributed by atoms with Crippen molar-refractivity contribution in [2.24, 2.45) is 5.73 Å². The van der Waals surface area contributed by atoms with Gasteiger partial charge in [-0.15, -0.1) is 0 Å². The molecule has 0 aliphatic carbocycles. The molecule has 18 heavy (non-hydrogen) atoms. The smallest absolute Gasteiger partial charge is 0.0917 e. The molecule has 0 heterocycles. The third-order valence-electron chi connectivity index (χ3n) is 3.25. The highest BCUT2D eigenvalue weighted by atomic mass is 16.3. The quantitative estimate of drug-likeness (QED) is 0.780. The molecule has 0 fully saturated rings. The van der Waals surface area contributed by atoms with Crippen molar-refractivity contribution < 1.29 is 5.11 Å². The van der Waals surface area contributed by atoms with E-state index >= 15 is 0 Å². The summed E-state index contributed by atoms with van der Waals surface area (Å²) in [7, 11) is 0. The third kappa shape index (κ3) is 4.41. The van der Waals surface area contributed by atoms with Crippen molar-refractivity contribution in [3.05, 3.63) is 35.4 Å². The van der Waals surface area contributed by atoms with Gasteiger partial charge in [-0.1, -0.05) is 31.2 Å². The summed E-state index contributed by atoms with van der Waals surface area (Å²) in [5.41, 5.74) is 7.63. The van der Waals surface area contributed by atoms with Crippen LogP contribution in [0.5, 0.6) is 0 Å². The molecule has 0 saturated heterocycles. The molecule has 3 N–H and O–H groups in total. The minimum absolute atomic E-state index is 0.425. The normalized spacial score (nSPS) is 13.3. The molecule has 1 unspecified atom stereocenters. The first kappa shape index (κ1) is 15.2. The van der Waals surface area contributed by atoms with Crippen LogP contribution in [0.1, 0.15) is 44.4 Å². The van der Waals surface area contributed by atoms with E-state index in [1.165, 1.54) is 0 Å². The molecule has 0 aromatic heterocycles. The van der Waals surface area contributed by atoms with Crippen molar-refractivity contribution in [1.29, 1.82) is 0 Å². The molecule has 0 spiro atoms. The lowest BCUT2D eigenvalue weighted by molar-refractivity contribution is 0.0955. The van der Waals surface area contributed by atoms with Crippen LogP contribution < -0.4 is 5.73 Å². The number of rotatable bonds is 7. The molecule has 0 saturated carbocycles. The minimum atomic E-state index is -0.425. The van der Waals surface area contributed by atoms with E-state index in [1.54, 1.807) is 0 Å². The van der Waals surface area contributed by atoms with Gasteiger partial charge in [0.2, 0.25) is 0 Å². The molecule has 3 nitrogen and oxygen atoms in total. The summed E-state index contributed by atoms with van der Waals surface area (Å²) in [5, 5.41) is 10.3. The van der Waals surface area contributed by atoms with Gasteiger partial charge in [0, 0.05) is 19.1 Å². The topological polar surface area (TPSA) is 49.5 Å². The fourth-order valence-electron chi connectivity index (χ4n) is 2.05. The number of hydrogen-bond donors (Lipinski definition) is 2. The molecule has 102 valence electrons. The summed E-state index contributed by atoms with van der Waals surface area (Å²) < 4.78 is 0. The van der Waals surface area contributed by atoms with E-state index in [4.69, 9.17) is 5.73 Å². The summed E-state index contributed by atoms with van der Waals surface area (Å²) in [6.45, 7) is 8.75. The zero-order valence-corrected chi connectivity index (χ0v) is 11.8. The highest BCUT2D eigenvalue weighted by Crippen LogP contribution is 2.16. The van der Waals surface area contributed by atoms with E-state index in [2.05, 4.69) is 25.7 Å². The predicted molar refractivity (Wildman–Crippen MR) is 76.3 cm³/mol. The monoisotopic (exact) mass is 250 g/mol. The fourth-order valence-corrected chi connectivity index (χ4v) is 2.05. The molecule has 1 aromatic rings. The molecule has 1 aromatic carbocycles. The molecule has 0 aliphatic rings. The Hall–Kier alpha value is -0.900. The Labute approximate surface area is 111 Å². The average Bonchev–Trinajstić information content (AvgIpc) is 2.38. The lowest BCUT2D eigenvalue weighted by Crippen LogP contribution is -2.35. The predicted octanol–water partition coefficient (Wildman–Crippen LogP) is 2.30. The van der Waals surface area contributed by atoms with Crippen molar-refractivity contribution in [1.82, 2.24) is 4.90 Å². The van der Waals surface area contributed by atoms with Crippen LogP contribution in [0.25, 0.3) is 0 Å². The Bertz CT molecular complexity index is 335. The van der Waals surface area contributed by atoms with Crippen LogP contribution in [0, 0.1) is 0 Å². The van der Waals surface area contributed by atoms with Crippen LogP contribution in [0.2, 0.25) is 0 Å². The standard InChI is InChI=1S/C15H26N2O/c1-4-9-17(12(2)3)11-15(18)14-7-5-13(10-16)6-8-14/h5-8,12,15,18H,4,9-11,16H2,1-3H3. The third-order valence-corrected chi connectivity index (χ3v) is 3.25. The molecular weight excluding hydrogens is 224 g/mol. The van der Waals surface area contributed by atoms with Gasteiger partial charge in [-0.3, -0.25) is 4.90 Å². The number of aliphatic hydroxyl groups is 1. The molecule has 3 heteroatoms. The second kappa shape index (κ2) is 7.52. The second-order valence-corrected chi connectivity index (χ2v) is 5.05. The maximum atomic E-state index is 10.3. The Morgan fingerprint density at radius 3 is 2.28 bits per heavy atom. The molecule has 0 radical (unpaired) electrons. The first-order chi connectivity index (χ1) is 8.58. The second-order valence-electron chi connectivity index (χ2n) is 5.05. The summed E-state index contributed by atoms with van der Waals surface area (Å²) >= 11 is 0. The van der Waals surface area contributed by atoms with Crippen LogP contribution in [0.3, 0.4) is 0 Å². The van der Waals surface area contributed by atoms with Crippen molar-refractivity contribution in [3.63, 3.8) is 0 Å². The van der Waals surface area contributed by atoms with Crippen LogP contribution in [-0.4, -0.2) is 29.1 Å². The average molecular weight is 250 g/mol. The maximum absolute atomic E-state index is 10.3. The Morgan fingerprint density at radius 2 is 1.83 bits per heavy atom. The van der Waals surface area contributed by atoms with Gasteiger partial charge in [-0.05, 0) is 37.9 Å². The van der Waals surface area contributed by atoms with E-state index in [9.17, 15) is 5.11 Å². The summed E-state index contributed by atoms with van der Waals surface area (Å²) in [6.07, 6.45) is 0.683. The summed E-state index contributed by atoms with van der Waals surface area (Å²) in [6, 6.07) is 8.37. The van der Waals surface area contributed by atoms with Gasteiger partial charge in [0.15, 0.2) is 0 Å². The highest BCUT2D eigenvalue weighted by molar-refractivity contribution is 5.24. The number of hydrogen-bond acceptors (Lipinski definition) is 3. The largest absolute Gasteiger partial charge is 0.387 e. The lowest BCUT2D eigenvalue weighted by Gasteiger charge is -2.28. The van der Waals surface area contributed by atoms with Crippen molar-refractivity contribution in [2.75, 3.05) is 13.1 Å². The van der Waals surface area contributed by atoms with Gasteiger partial charge in [-0.25, -0.2) is 0 Å². The maximum Gasteiger partial charge on any atom is 0.0917 e. The first-order valence-corrected chi connectivity index (χ1v) is 6.79. The van der Waals surface area contributed by atoms with Crippen LogP contribution >= 0.6 is 0 Å². The molecule has 1 rings (SSSR count). The van der Waals surface area contributed by atoms with E-state index < -0.39 is 6.10 Å². The van der Waals surface area contributed by atoms with Crippen molar-refractivity contribution in [3.8, 4) is 0 Å². The van der Waals surface area contributed by atoms with Crippen LogP contribution in [0.15, 0.2) is 24.3 Å². The highest BCUT2D eigenvalue weighted by Gasteiger charge is 2.15. The Kier molecular flexibility index (Phi) is 6.33. The van der Waals surface area contributed by atoms with Gasteiger partial charge < -0.3 is 10.8 Å². The first-order valence-electron chi connectivity index (χ1n) is 6.79. The summed E-state index contributed by atoms with van der Waals surface area (Å²) in [4.78, 5) is 2.31. The van der Waals surface area contributed by atoms with E-state index in [1.807, 2.05) is 24.3 Å². The fraction of sp³-hybridized carbons (Fsp3) is 0.600. The van der Waals surface area contributed by atoms with Crippen molar-refractivity contribution >= 4 is 0 Å². The van der Waals surface area contributed by atoms with Gasteiger partial charge in [0.05, 0.1) is 6.10 Å². The van der Waals surface area contributed by atoms with Gasteiger partial charge in [0.25, 0.3) is 0 Å². The van der Waals surface area contributed by atoms with E-state index in [0.29, 0.717) is 19.1 Å².